The second-order valence-corrected chi connectivity index (χ2v) is 4.10. The molecule has 3 nitrogen and oxygen atoms in total. The quantitative estimate of drug-likeness (QED) is 0.781. The molecule has 0 saturated carbocycles. The lowest BCUT2D eigenvalue weighted by atomic mass is 9.97. The maximum atomic E-state index is 10.9. The van der Waals surface area contributed by atoms with Crippen LogP contribution in [0.15, 0.2) is 30.3 Å². The number of benzene rings is 1. The van der Waals surface area contributed by atoms with Gasteiger partial charge in [0.15, 0.2) is 0 Å². The van der Waals surface area contributed by atoms with E-state index in [1.165, 1.54) is 0 Å². The summed E-state index contributed by atoms with van der Waals surface area (Å²) in [5.74, 6) is 0.516. The molecule has 1 rings (SSSR count). The van der Waals surface area contributed by atoms with Crippen LogP contribution in [0.2, 0.25) is 0 Å². The molecule has 0 fully saturated rings. The lowest BCUT2D eigenvalue weighted by molar-refractivity contribution is 0.243. The highest BCUT2D eigenvalue weighted by molar-refractivity contribution is 5.72. The molecule has 15 heavy (non-hydrogen) atoms. The predicted octanol–water partition coefficient (Wildman–Crippen LogP) is 2.44. The number of carbonyl (C=O) groups is 1. The highest BCUT2D eigenvalue weighted by Gasteiger charge is 2.13. The van der Waals surface area contributed by atoms with Crippen LogP contribution in [0, 0.1) is 5.92 Å². The first-order valence-corrected chi connectivity index (χ1v) is 5.20. The topological polar surface area (TPSA) is 55.1 Å². The van der Waals surface area contributed by atoms with Crippen LogP contribution in [-0.4, -0.2) is 6.03 Å². The van der Waals surface area contributed by atoms with Crippen LogP contribution in [-0.2, 0) is 0 Å². The maximum absolute atomic E-state index is 10.9. The summed E-state index contributed by atoms with van der Waals surface area (Å²) in [6.45, 7) is 4.25. The number of hydrogen-bond donors (Lipinski definition) is 2. The van der Waals surface area contributed by atoms with Crippen LogP contribution in [0.1, 0.15) is 31.9 Å². The third kappa shape index (κ3) is 4.02. The van der Waals surface area contributed by atoms with Crippen LogP contribution >= 0.6 is 0 Å². The minimum atomic E-state index is -0.468. The summed E-state index contributed by atoms with van der Waals surface area (Å²) >= 11 is 0. The normalized spacial score (nSPS) is 12.5. The van der Waals surface area contributed by atoms with Gasteiger partial charge in [0.05, 0.1) is 6.04 Å². The van der Waals surface area contributed by atoms with E-state index in [4.69, 9.17) is 5.73 Å². The van der Waals surface area contributed by atoms with Crippen LogP contribution in [0.3, 0.4) is 0 Å². The summed E-state index contributed by atoms with van der Waals surface area (Å²) in [4.78, 5) is 10.9. The smallest absolute Gasteiger partial charge is 0.312 e. The predicted molar refractivity (Wildman–Crippen MR) is 61.4 cm³/mol. The minimum absolute atomic E-state index is 0.0173. The van der Waals surface area contributed by atoms with E-state index in [1.54, 1.807) is 0 Å². The van der Waals surface area contributed by atoms with Crippen molar-refractivity contribution >= 4 is 6.03 Å². The van der Waals surface area contributed by atoms with Gasteiger partial charge in [-0.1, -0.05) is 44.2 Å². The third-order valence-electron chi connectivity index (χ3n) is 2.23. The van der Waals surface area contributed by atoms with Crippen LogP contribution in [0.5, 0.6) is 0 Å². The highest BCUT2D eigenvalue weighted by Crippen LogP contribution is 2.20. The van der Waals surface area contributed by atoms with Gasteiger partial charge < -0.3 is 11.1 Å². The Bertz CT molecular complexity index is 309. The summed E-state index contributed by atoms with van der Waals surface area (Å²) in [5.41, 5.74) is 6.26. The number of amides is 2. The lowest BCUT2D eigenvalue weighted by Crippen LogP contribution is -2.33. The van der Waals surface area contributed by atoms with Crippen LogP contribution in [0.25, 0.3) is 0 Å². The van der Waals surface area contributed by atoms with Gasteiger partial charge in [-0.25, -0.2) is 4.79 Å². The molecule has 1 aromatic carbocycles. The Hall–Kier alpha value is -1.51. The standard InChI is InChI=1S/C12H18N2O/c1-9(2)8-11(14-12(13)15)10-6-4-3-5-7-10/h3-7,9,11H,8H2,1-2H3,(H3,13,14,15)/t11-/m1/s1. The molecule has 0 saturated heterocycles. The summed E-state index contributed by atoms with van der Waals surface area (Å²) < 4.78 is 0. The van der Waals surface area contributed by atoms with Crippen molar-refractivity contribution < 1.29 is 4.79 Å². The van der Waals surface area contributed by atoms with Crippen LogP contribution < -0.4 is 11.1 Å². The number of primary amides is 1. The maximum Gasteiger partial charge on any atom is 0.312 e. The van der Waals surface area contributed by atoms with Gasteiger partial charge in [0.25, 0.3) is 0 Å². The van der Waals surface area contributed by atoms with E-state index in [9.17, 15) is 4.79 Å². The zero-order valence-electron chi connectivity index (χ0n) is 9.23. The van der Waals surface area contributed by atoms with Crippen LogP contribution in [0.4, 0.5) is 4.79 Å². The van der Waals surface area contributed by atoms with Crippen molar-refractivity contribution in [3.8, 4) is 0 Å². The van der Waals surface area contributed by atoms with E-state index in [0.717, 1.165) is 12.0 Å². The average Bonchev–Trinajstić information content (AvgIpc) is 2.17. The van der Waals surface area contributed by atoms with Gasteiger partial charge in [-0.15, -0.1) is 0 Å². The first-order chi connectivity index (χ1) is 7.09. The molecule has 0 aliphatic carbocycles. The molecule has 0 spiro atoms. The molecule has 0 aliphatic heterocycles. The molecule has 1 aromatic rings. The largest absolute Gasteiger partial charge is 0.352 e. The Morgan fingerprint density at radius 2 is 1.93 bits per heavy atom. The number of nitrogens with two attached hydrogens (primary N) is 1. The number of hydrogen-bond acceptors (Lipinski definition) is 1. The average molecular weight is 206 g/mol. The molecule has 0 unspecified atom stereocenters. The molecular weight excluding hydrogens is 188 g/mol. The Labute approximate surface area is 90.7 Å². The molecule has 82 valence electrons. The van der Waals surface area contributed by atoms with Crippen molar-refractivity contribution in [2.24, 2.45) is 11.7 Å². The van der Waals surface area contributed by atoms with E-state index in [-0.39, 0.29) is 6.04 Å². The second-order valence-electron chi connectivity index (χ2n) is 4.10. The molecule has 0 aromatic heterocycles. The molecular formula is C12H18N2O. The highest BCUT2D eigenvalue weighted by atomic mass is 16.2. The molecule has 2 amide bonds. The number of rotatable bonds is 4. The Morgan fingerprint density at radius 1 is 1.33 bits per heavy atom. The zero-order chi connectivity index (χ0) is 11.3. The SMILES string of the molecule is CC(C)C[C@@H](NC(N)=O)c1ccccc1. The summed E-state index contributed by atoms with van der Waals surface area (Å²) in [6, 6.07) is 9.44. The number of nitrogens with one attached hydrogen (secondary N) is 1. The van der Waals surface area contributed by atoms with Crippen molar-refractivity contribution in [1.82, 2.24) is 5.32 Å². The van der Waals surface area contributed by atoms with Crippen molar-refractivity contribution in [2.75, 3.05) is 0 Å². The van der Waals surface area contributed by atoms with Gasteiger partial charge >= 0.3 is 6.03 Å². The molecule has 0 aliphatic rings. The fourth-order valence-corrected chi connectivity index (χ4v) is 1.61. The lowest BCUT2D eigenvalue weighted by Gasteiger charge is -2.19. The zero-order valence-corrected chi connectivity index (χ0v) is 9.23. The minimum Gasteiger partial charge on any atom is -0.352 e. The first-order valence-electron chi connectivity index (χ1n) is 5.20. The monoisotopic (exact) mass is 206 g/mol. The van der Waals surface area contributed by atoms with Crippen molar-refractivity contribution in [1.29, 1.82) is 0 Å². The van der Waals surface area contributed by atoms with E-state index in [0.29, 0.717) is 5.92 Å². The van der Waals surface area contributed by atoms with Gasteiger partial charge in [-0.3, -0.25) is 0 Å². The van der Waals surface area contributed by atoms with Gasteiger partial charge in [0.2, 0.25) is 0 Å². The van der Waals surface area contributed by atoms with E-state index >= 15 is 0 Å². The van der Waals surface area contributed by atoms with Gasteiger partial charge in [0.1, 0.15) is 0 Å². The van der Waals surface area contributed by atoms with Gasteiger partial charge in [0, 0.05) is 0 Å². The summed E-state index contributed by atoms with van der Waals surface area (Å²) in [7, 11) is 0. The molecule has 3 heteroatoms. The summed E-state index contributed by atoms with van der Waals surface area (Å²) in [5, 5.41) is 2.77. The first kappa shape index (κ1) is 11.6. The van der Waals surface area contributed by atoms with E-state index in [2.05, 4.69) is 19.2 Å². The fraction of sp³-hybridized carbons (Fsp3) is 0.417. The Kier molecular flexibility index (Phi) is 4.16. The molecule has 1 atom stereocenters. The van der Waals surface area contributed by atoms with E-state index < -0.39 is 6.03 Å². The van der Waals surface area contributed by atoms with Gasteiger partial charge in [-0.2, -0.15) is 0 Å². The fourth-order valence-electron chi connectivity index (χ4n) is 1.61. The van der Waals surface area contributed by atoms with Crippen molar-refractivity contribution in [2.45, 2.75) is 26.3 Å². The van der Waals surface area contributed by atoms with E-state index in [1.807, 2.05) is 30.3 Å². The van der Waals surface area contributed by atoms with Crippen molar-refractivity contribution in [3.63, 3.8) is 0 Å². The second kappa shape index (κ2) is 5.39. The number of carbonyl (C=O) groups excluding carboxylic acids is 1. The molecule has 0 bridgehead atoms. The van der Waals surface area contributed by atoms with Gasteiger partial charge in [-0.05, 0) is 17.9 Å². The summed E-state index contributed by atoms with van der Waals surface area (Å²) in [6.07, 6.45) is 0.896. The third-order valence-corrected chi connectivity index (χ3v) is 2.23. The number of urea groups is 1. The Balaban J connectivity index is 2.76. The molecule has 0 heterocycles. The molecule has 0 radical (unpaired) electrons. The molecule has 3 N–H and O–H groups in total. The van der Waals surface area contributed by atoms with Crippen molar-refractivity contribution in [3.05, 3.63) is 35.9 Å². The Morgan fingerprint density at radius 3 is 2.40 bits per heavy atom.